The number of nitrogens with zero attached hydrogens (tertiary/aromatic N) is 6. The lowest BCUT2D eigenvalue weighted by Gasteiger charge is -2.53. The van der Waals surface area contributed by atoms with Gasteiger partial charge in [-0.25, -0.2) is 8.78 Å². The smallest absolute Gasteiger partial charge is 0.318 e. The molecule has 0 unspecified atom stereocenters. The van der Waals surface area contributed by atoms with Crippen LogP contribution in [0, 0.1) is 11.3 Å². The van der Waals surface area contributed by atoms with Crippen molar-refractivity contribution in [2.24, 2.45) is 0 Å². The fourth-order valence-electron chi connectivity index (χ4n) is 9.52. The number of rotatable bonds is 6. The fraction of sp³-hybridized carbons (Fsp3) is 0.576. The number of carbonyl (C=O) groups excluding carboxylic acids is 1. The van der Waals surface area contributed by atoms with Crippen molar-refractivity contribution in [2.75, 3.05) is 44.2 Å². The maximum atomic E-state index is 14.5. The molecule has 3 fully saturated rings. The first-order chi connectivity index (χ1) is 21.2. The van der Waals surface area contributed by atoms with Crippen LogP contribution in [0.4, 0.5) is 14.6 Å². The van der Waals surface area contributed by atoms with Crippen LogP contribution in [0.3, 0.4) is 0 Å². The van der Waals surface area contributed by atoms with Crippen molar-refractivity contribution < 1.29 is 18.3 Å². The van der Waals surface area contributed by atoms with Crippen molar-refractivity contribution >= 4 is 23.3 Å². The summed E-state index contributed by atoms with van der Waals surface area (Å²) in [7, 11) is 0. The topological polar surface area (TPSA) is 85.6 Å². The number of alkyl halides is 1. The highest BCUT2D eigenvalue weighted by atomic mass is 35.5. The van der Waals surface area contributed by atoms with E-state index in [0.29, 0.717) is 32.7 Å². The first-order valence-electron chi connectivity index (χ1n) is 15.8. The van der Waals surface area contributed by atoms with E-state index in [1.807, 2.05) is 6.07 Å². The van der Waals surface area contributed by atoms with Crippen LogP contribution >= 0.6 is 11.6 Å². The zero-order valence-electron chi connectivity index (χ0n) is 24.6. The molecule has 8 nitrogen and oxygen atoms in total. The molecular formula is C33H35ClF2N6O2. The van der Waals surface area contributed by atoms with Crippen molar-refractivity contribution in [3.05, 3.63) is 57.5 Å². The predicted molar refractivity (Wildman–Crippen MR) is 160 cm³/mol. The molecule has 44 heavy (non-hydrogen) atoms. The number of nitriles is 1. The second-order valence-corrected chi connectivity index (χ2v) is 13.9. The standard InChI is InChI=1S/C33H35ClF2N6O2/c1-19(35)30(43)42-14-13-40(17-21(42)7-11-37)29-24-6-10-33-9-5-22-25(34)4-3-23(26(22)33)27(33)28(24)38-31(39-29)44-18-32-8-2-12-41(32)16-20(36)15-32/h3-4,20-21,27H,1-2,5-10,12-18H2/t20-,21+,27+,32+,33-/m1/s1. The van der Waals surface area contributed by atoms with Gasteiger partial charge in [-0.1, -0.05) is 24.2 Å². The van der Waals surface area contributed by atoms with Gasteiger partial charge in [0.2, 0.25) is 0 Å². The van der Waals surface area contributed by atoms with Crippen molar-refractivity contribution in [3.63, 3.8) is 0 Å². The zero-order valence-corrected chi connectivity index (χ0v) is 25.4. The lowest BCUT2D eigenvalue weighted by atomic mass is 9.51. The number of piperazine rings is 1. The Kier molecular flexibility index (Phi) is 6.48. The van der Waals surface area contributed by atoms with E-state index in [9.17, 15) is 18.8 Å². The Balaban J connectivity index is 1.18. The lowest BCUT2D eigenvalue weighted by molar-refractivity contribution is -0.131. The highest BCUT2D eigenvalue weighted by molar-refractivity contribution is 6.31. The number of hydrogen-bond donors (Lipinski definition) is 0. The van der Waals surface area contributed by atoms with Crippen LogP contribution in [-0.2, 0) is 23.1 Å². The maximum Gasteiger partial charge on any atom is 0.318 e. The molecule has 1 aromatic heterocycles. The Hall–Kier alpha value is -3.29. The summed E-state index contributed by atoms with van der Waals surface area (Å²) in [5.74, 6) is -0.931. The number of hydrogen-bond acceptors (Lipinski definition) is 7. The van der Waals surface area contributed by atoms with Crippen LogP contribution in [-0.4, -0.2) is 82.8 Å². The van der Waals surface area contributed by atoms with E-state index in [-0.39, 0.29) is 35.8 Å². The molecule has 2 aromatic rings. The molecule has 3 saturated heterocycles. The first kappa shape index (κ1) is 28.2. The molecule has 0 N–H and O–H groups in total. The molecule has 0 saturated carbocycles. The van der Waals surface area contributed by atoms with Gasteiger partial charge < -0.3 is 14.5 Å². The average molecular weight is 621 g/mol. The summed E-state index contributed by atoms with van der Waals surface area (Å²) in [6.45, 7) is 5.85. The van der Waals surface area contributed by atoms with Gasteiger partial charge in [0.1, 0.15) is 18.6 Å². The molecule has 3 aliphatic heterocycles. The van der Waals surface area contributed by atoms with Gasteiger partial charge in [-0.3, -0.25) is 9.69 Å². The Labute approximate surface area is 260 Å². The summed E-state index contributed by atoms with van der Waals surface area (Å²) in [5, 5.41) is 10.4. The highest BCUT2D eigenvalue weighted by Gasteiger charge is 2.59. The van der Waals surface area contributed by atoms with Gasteiger partial charge in [0, 0.05) is 54.5 Å². The first-order valence-corrected chi connectivity index (χ1v) is 16.1. The summed E-state index contributed by atoms with van der Waals surface area (Å²) in [6, 6.07) is 6.08. The summed E-state index contributed by atoms with van der Waals surface area (Å²) in [5.41, 5.74) is 5.66. The van der Waals surface area contributed by atoms with E-state index >= 15 is 0 Å². The number of carbonyl (C=O) groups is 1. The minimum Gasteiger partial charge on any atom is -0.461 e. The third kappa shape index (κ3) is 3.97. The van der Waals surface area contributed by atoms with Crippen molar-refractivity contribution in [1.29, 1.82) is 5.26 Å². The summed E-state index contributed by atoms with van der Waals surface area (Å²) >= 11 is 6.63. The van der Waals surface area contributed by atoms with Gasteiger partial charge >= 0.3 is 6.01 Å². The Morgan fingerprint density at radius 3 is 2.77 bits per heavy atom. The van der Waals surface area contributed by atoms with Gasteiger partial charge in [-0.15, -0.1) is 0 Å². The van der Waals surface area contributed by atoms with Crippen molar-refractivity contribution in [1.82, 2.24) is 19.8 Å². The second-order valence-electron chi connectivity index (χ2n) is 13.5. The Bertz CT molecular complexity index is 1630. The number of aromatic nitrogens is 2. The molecule has 4 heterocycles. The Morgan fingerprint density at radius 1 is 1.16 bits per heavy atom. The molecule has 1 spiro atoms. The molecule has 11 heteroatoms. The predicted octanol–water partition coefficient (Wildman–Crippen LogP) is 4.77. The van der Waals surface area contributed by atoms with E-state index in [0.717, 1.165) is 67.2 Å². The number of ether oxygens (including phenoxy) is 1. The summed E-state index contributed by atoms with van der Waals surface area (Å²) in [4.78, 5) is 28.4. The third-order valence-electron chi connectivity index (χ3n) is 11.4. The normalized spacial score (nSPS) is 31.5. The lowest BCUT2D eigenvalue weighted by Crippen LogP contribution is -2.56. The number of fused-ring (bicyclic) bond motifs is 4. The number of benzene rings is 1. The van der Waals surface area contributed by atoms with Crippen LogP contribution in [0.1, 0.15) is 72.4 Å². The quantitative estimate of drug-likeness (QED) is 0.430. The van der Waals surface area contributed by atoms with E-state index in [4.69, 9.17) is 26.3 Å². The molecule has 1 aromatic carbocycles. The van der Waals surface area contributed by atoms with Gasteiger partial charge in [-0.05, 0) is 67.8 Å². The molecule has 6 aliphatic rings. The number of anilines is 1. The minimum atomic E-state index is -1.02. The van der Waals surface area contributed by atoms with Gasteiger partial charge in [0.25, 0.3) is 5.91 Å². The molecule has 8 rings (SSSR count). The van der Waals surface area contributed by atoms with E-state index in [1.165, 1.54) is 21.6 Å². The van der Waals surface area contributed by atoms with Gasteiger partial charge in [0.05, 0.1) is 29.8 Å². The number of halogens is 3. The minimum absolute atomic E-state index is 0.00917. The molecule has 230 valence electrons. The van der Waals surface area contributed by atoms with Gasteiger partial charge in [0.15, 0.2) is 5.83 Å². The van der Waals surface area contributed by atoms with E-state index in [1.54, 1.807) is 0 Å². The highest BCUT2D eigenvalue weighted by Crippen LogP contribution is 2.67. The van der Waals surface area contributed by atoms with Crippen molar-refractivity contribution in [3.8, 4) is 12.1 Å². The zero-order chi connectivity index (χ0) is 30.4. The molecular weight excluding hydrogens is 586 g/mol. The SMILES string of the molecule is C=C(F)C(=O)N1CCN(c2nc(OC[C@@]34CCCN3C[C@H](F)C4)nc3c2CC[C@]24CCc5c(Cl)ccc(c52)[C@@H]34)C[C@@H]1CC#N. The second kappa shape index (κ2) is 10.1. The monoisotopic (exact) mass is 620 g/mol. The molecule has 3 aliphatic carbocycles. The van der Waals surface area contributed by atoms with E-state index in [2.05, 4.69) is 28.5 Å². The van der Waals surface area contributed by atoms with Gasteiger partial charge in [-0.2, -0.15) is 15.2 Å². The van der Waals surface area contributed by atoms with Crippen LogP contribution in [0.5, 0.6) is 6.01 Å². The average Bonchev–Trinajstić information content (AvgIpc) is 3.64. The molecule has 5 atom stereocenters. The van der Waals surface area contributed by atoms with Crippen LogP contribution in [0.25, 0.3) is 0 Å². The summed E-state index contributed by atoms with van der Waals surface area (Å²) in [6.07, 6.45) is 5.33. The van der Waals surface area contributed by atoms with Crippen LogP contribution in [0.2, 0.25) is 5.02 Å². The fourth-order valence-corrected chi connectivity index (χ4v) is 9.77. The number of amides is 1. The summed E-state index contributed by atoms with van der Waals surface area (Å²) < 4.78 is 34.8. The molecule has 0 bridgehead atoms. The Morgan fingerprint density at radius 2 is 1.98 bits per heavy atom. The third-order valence-corrected chi connectivity index (χ3v) is 11.7. The van der Waals surface area contributed by atoms with Crippen LogP contribution < -0.4 is 9.64 Å². The molecule has 0 radical (unpaired) electrons. The van der Waals surface area contributed by atoms with Crippen molar-refractivity contribution in [2.45, 2.75) is 80.5 Å². The van der Waals surface area contributed by atoms with E-state index < -0.39 is 23.9 Å². The maximum absolute atomic E-state index is 14.5. The largest absolute Gasteiger partial charge is 0.461 e. The molecule has 1 amide bonds. The van der Waals surface area contributed by atoms with Crippen LogP contribution in [0.15, 0.2) is 24.5 Å².